The number of hydrogen-bond acceptors (Lipinski definition) is 1. The Morgan fingerprint density at radius 1 is 1.05 bits per heavy atom. The Hall–Kier alpha value is -0.820. The lowest BCUT2D eigenvalue weighted by molar-refractivity contribution is 0.385. The van der Waals surface area contributed by atoms with Gasteiger partial charge in [0.25, 0.3) is 0 Å². The zero-order valence-electron chi connectivity index (χ0n) is 13.6. The van der Waals surface area contributed by atoms with Crippen LogP contribution in [0.4, 0.5) is 0 Å². The van der Waals surface area contributed by atoms with E-state index in [-0.39, 0.29) is 5.41 Å². The van der Waals surface area contributed by atoms with Crippen LogP contribution in [0.15, 0.2) is 24.3 Å². The summed E-state index contributed by atoms with van der Waals surface area (Å²) in [6, 6.07) is 9.79. The summed E-state index contributed by atoms with van der Waals surface area (Å²) in [6.45, 7) is 14.7. The van der Waals surface area contributed by atoms with Crippen molar-refractivity contribution in [2.45, 2.75) is 65.8 Å². The molecule has 1 atom stereocenters. The molecule has 108 valence electrons. The highest BCUT2D eigenvalue weighted by Gasteiger charge is 2.14. The van der Waals surface area contributed by atoms with Gasteiger partial charge in [0.1, 0.15) is 0 Å². The fourth-order valence-electron chi connectivity index (χ4n) is 2.43. The van der Waals surface area contributed by atoms with E-state index in [0.717, 1.165) is 6.54 Å². The molecule has 1 aromatic rings. The van der Waals surface area contributed by atoms with Gasteiger partial charge >= 0.3 is 0 Å². The van der Waals surface area contributed by atoms with E-state index in [1.54, 1.807) is 0 Å². The molecule has 0 amide bonds. The van der Waals surface area contributed by atoms with Crippen LogP contribution in [0, 0.1) is 5.92 Å². The molecule has 0 saturated carbocycles. The van der Waals surface area contributed by atoms with Crippen molar-refractivity contribution in [1.29, 1.82) is 0 Å². The van der Waals surface area contributed by atoms with E-state index in [1.807, 2.05) is 0 Å². The van der Waals surface area contributed by atoms with Gasteiger partial charge in [-0.1, -0.05) is 65.8 Å². The van der Waals surface area contributed by atoms with Gasteiger partial charge in [0.05, 0.1) is 0 Å². The molecule has 0 aromatic heterocycles. The Kier molecular flexibility index (Phi) is 6.06. The van der Waals surface area contributed by atoms with Crippen LogP contribution in [-0.2, 0) is 11.8 Å². The minimum Gasteiger partial charge on any atom is -0.314 e. The lowest BCUT2D eigenvalue weighted by Gasteiger charge is -2.22. The Balaban J connectivity index is 2.58. The third-order valence-corrected chi connectivity index (χ3v) is 3.84. The predicted octanol–water partition coefficient (Wildman–Crippen LogP) is 4.55. The van der Waals surface area contributed by atoms with Gasteiger partial charge < -0.3 is 5.32 Å². The Morgan fingerprint density at radius 2 is 1.63 bits per heavy atom. The molecular formula is C18H31N. The summed E-state index contributed by atoms with van der Waals surface area (Å²) in [7, 11) is 0. The molecule has 0 aliphatic rings. The lowest BCUT2D eigenvalue weighted by atomic mass is 9.86. The molecule has 0 radical (unpaired) electrons. The Morgan fingerprint density at radius 3 is 2.05 bits per heavy atom. The molecule has 1 heteroatoms. The molecule has 0 bridgehead atoms. The van der Waals surface area contributed by atoms with Crippen molar-refractivity contribution in [3.05, 3.63) is 35.4 Å². The van der Waals surface area contributed by atoms with E-state index in [1.165, 1.54) is 24.0 Å². The van der Waals surface area contributed by atoms with Gasteiger partial charge in [-0.05, 0) is 41.8 Å². The SMILES string of the molecule is CCNC(CCc1ccc(C(C)(C)C)cc1)C(C)C. The molecule has 1 nitrogen and oxygen atoms in total. The van der Waals surface area contributed by atoms with Crippen molar-refractivity contribution in [1.82, 2.24) is 5.32 Å². The van der Waals surface area contributed by atoms with E-state index in [4.69, 9.17) is 0 Å². The number of aryl methyl sites for hydroxylation is 1. The molecule has 0 saturated heterocycles. The molecule has 19 heavy (non-hydrogen) atoms. The van der Waals surface area contributed by atoms with Crippen LogP contribution in [0.2, 0.25) is 0 Å². The van der Waals surface area contributed by atoms with Crippen molar-refractivity contribution in [2.24, 2.45) is 5.92 Å². The molecule has 1 N–H and O–H groups in total. The van der Waals surface area contributed by atoms with Crippen LogP contribution in [0.25, 0.3) is 0 Å². The van der Waals surface area contributed by atoms with Gasteiger partial charge in [-0.15, -0.1) is 0 Å². The molecule has 0 aliphatic carbocycles. The summed E-state index contributed by atoms with van der Waals surface area (Å²) in [5, 5.41) is 3.59. The largest absolute Gasteiger partial charge is 0.314 e. The highest BCUT2D eigenvalue weighted by atomic mass is 14.9. The molecule has 0 heterocycles. The average Bonchev–Trinajstić information content (AvgIpc) is 2.33. The minimum absolute atomic E-state index is 0.253. The summed E-state index contributed by atoms with van der Waals surface area (Å²) in [4.78, 5) is 0. The van der Waals surface area contributed by atoms with Gasteiger partial charge in [-0.25, -0.2) is 0 Å². The molecule has 1 aromatic carbocycles. The zero-order valence-corrected chi connectivity index (χ0v) is 13.6. The maximum Gasteiger partial charge on any atom is 0.00931 e. The minimum atomic E-state index is 0.253. The fourth-order valence-corrected chi connectivity index (χ4v) is 2.43. The normalized spacial score (nSPS) is 13.8. The highest BCUT2D eigenvalue weighted by molar-refractivity contribution is 5.27. The third kappa shape index (κ3) is 5.36. The first-order valence-corrected chi connectivity index (χ1v) is 7.67. The predicted molar refractivity (Wildman–Crippen MR) is 85.8 cm³/mol. The van der Waals surface area contributed by atoms with Crippen LogP contribution in [0.1, 0.15) is 59.1 Å². The summed E-state index contributed by atoms with van der Waals surface area (Å²) in [5.74, 6) is 0.703. The molecule has 0 aliphatic heterocycles. The molecular weight excluding hydrogens is 230 g/mol. The van der Waals surface area contributed by atoms with Gasteiger partial charge in [-0.2, -0.15) is 0 Å². The lowest BCUT2D eigenvalue weighted by Crippen LogP contribution is -2.34. The van der Waals surface area contributed by atoms with Crippen LogP contribution < -0.4 is 5.32 Å². The van der Waals surface area contributed by atoms with Crippen molar-refractivity contribution in [3.8, 4) is 0 Å². The van der Waals surface area contributed by atoms with E-state index in [2.05, 4.69) is 71.1 Å². The van der Waals surface area contributed by atoms with E-state index in [9.17, 15) is 0 Å². The summed E-state index contributed by atoms with van der Waals surface area (Å²) in [5.41, 5.74) is 3.13. The Bertz CT molecular complexity index is 356. The fraction of sp³-hybridized carbons (Fsp3) is 0.667. The standard InChI is InChI=1S/C18H31N/c1-7-19-17(14(2)3)13-10-15-8-11-16(12-9-15)18(4,5)6/h8-9,11-12,14,17,19H,7,10,13H2,1-6H3. The van der Waals surface area contributed by atoms with Gasteiger partial charge in [0.15, 0.2) is 0 Å². The van der Waals surface area contributed by atoms with E-state index < -0.39 is 0 Å². The summed E-state index contributed by atoms with van der Waals surface area (Å²) < 4.78 is 0. The summed E-state index contributed by atoms with van der Waals surface area (Å²) in [6.07, 6.45) is 2.39. The monoisotopic (exact) mass is 261 g/mol. The zero-order chi connectivity index (χ0) is 14.5. The van der Waals surface area contributed by atoms with Crippen LogP contribution in [0.3, 0.4) is 0 Å². The molecule has 1 unspecified atom stereocenters. The smallest absolute Gasteiger partial charge is 0.00931 e. The number of benzene rings is 1. The van der Waals surface area contributed by atoms with E-state index >= 15 is 0 Å². The second-order valence-corrected chi connectivity index (χ2v) is 6.89. The average molecular weight is 261 g/mol. The molecule has 0 fully saturated rings. The topological polar surface area (TPSA) is 12.0 Å². The number of rotatable bonds is 6. The molecule has 1 rings (SSSR count). The van der Waals surface area contributed by atoms with Crippen molar-refractivity contribution < 1.29 is 0 Å². The summed E-state index contributed by atoms with van der Waals surface area (Å²) >= 11 is 0. The number of nitrogens with one attached hydrogen (secondary N) is 1. The quantitative estimate of drug-likeness (QED) is 0.792. The van der Waals surface area contributed by atoms with Crippen molar-refractivity contribution in [3.63, 3.8) is 0 Å². The first-order valence-electron chi connectivity index (χ1n) is 7.67. The second-order valence-electron chi connectivity index (χ2n) is 6.89. The molecule has 0 spiro atoms. The van der Waals surface area contributed by atoms with Crippen LogP contribution >= 0.6 is 0 Å². The van der Waals surface area contributed by atoms with Crippen molar-refractivity contribution >= 4 is 0 Å². The first-order chi connectivity index (χ1) is 8.84. The second kappa shape index (κ2) is 7.09. The van der Waals surface area contributed by atoms with Crippen LogP contribution in [-0.4, -0.2) is 12.6 Å². The third-order valence-electron chi connectivity index (χ3n) is 3.84. The first kappa shape index (κ1) is 16.2. The number of hydrogen-bond donors (Lipinski definition) is 1. The van der Waals surface area contributed by atoms with Crippen LogP contribution in [0.5, 0.6) is 0 Å². The Labute approximate surface area is 119 Å². The van der Waals surface area contributed by atoms with Gasteiger partial charge in [0, 0.05) is 6.04 Å². The van der Waals surface area contributed by atoms with Crippen molar-refractivity contribution in [2.75, 3.05) is 6.54 Å². The maximum absolute atomic E-state index is 3.59. The van der Waals surface area contributed by atoms with Gasteiger partial charge in [0.2, 0.25) is 0 Å². The highest BCUT2D eigenvalue weighted by Crippen LogP contribution is 2.22. The van der Waals surface area contributed by atoms with Gasteiger partial charge in [-0.3, -0.25) is 0 Å². The van der Waals surface area contributed by atoms with E-state index in [0.29, 0.717) is 12.0 Å². The maximum atomic E-state index is 3.59.